The molecule has 3 heterocycles. The van der Waals surface area contributed by atoms with Crippen LogP contribution < -0.4 is 16.0 Å². The number of benzene rings is 1. The summed E-state index contributed by atoms with van der Waals surface area (Å²) in [6.45, 7) is 2.30. The van der Waals surface area contributed by atoms with Gasteiger partial charge in [-0.1, -0.05) is 25.0 Å². The summed E-state index contributed by atoms with van der Waals surface area (Å²) >= 11 is 0. The van der Waals surface area contributed by atoms with E-state index in [0.717, 1.165) is 25.1 Å². The molecule has 154 valence electrons. The zero-order chi connectivity index (χ0) is 20.0. The minimum atomic E-state index is -0.555. The monoisotopic (exact) mass is 396 g/mol. The molecule has 1 aromatic carbocycles. The van der Waals surface area contributed by atoms with Crippen LogP contribution in [-0.4, -0.2) is 46.8 Å². The Labute approximate surface area is 170 Å². The van der Waals surface area contributed by atoms with Gasteiger partial charge in [0.05, 0.1) is 0 Å². The fraction of sp³-hybridized carbons (Fsp3) is 0.591. The van der Waals surface area contributed by atoms with Crippen molar-refractivity contribution in [3.8, 4) is 0 Å². The van der Waals surface area contributed by atoms with E-state index in [9.17, 15) is 14.4 Å². The van der Waals surface area contributed by atoms with Crippen LogP contribution in [0.3, 0.4) is 0 Å². The smallest absolute Gasteiger partial charge is 0.255 e. The highest BCUT2D eigenvalue weighted by atomic mass is 16.2. The third-order valence-electron chi connectivity index (χ3n) is 7.21. The summed E-state index contributed by atoms with van der Waals surface area (Å²) in [7, 11) is 0. The number of fused-ring (bicyclic) bond motifs is 1. The predicted molar refractivity (Wildman–Crippen MR) is 107 cm³/mol. The van der Waals surface area contributed by atoms with E-state index < -0.39 is 6.04 Å². The highest BCUT2D eigenvalue weighted by Gasteiger charge is 2.44. The van der Waals surface area contributed by atoms with Gasteiger partial charge in [0, 0.05) is 36.7 Å². The van der Waals surface area contributed by atoms with E-state index in [-0.39, 0.29) is 29.7 Å². The van der Waals surface area contributed by atoms with Crippen LogP contribution in [0.25, 0.3) is 0 Å². The lowest BCUT2D eigenvalue weighted by molar-refractivity contribution is -0.136. The van der Waals surface area contributed by atoms with Crippen molar-refractivity contribution in [2.75, 3.05) is 6.54 Å². The van der Waals surface area contributed by atoms with Crippen molar-refractivity contribution in [2.45, 2.75) is 75.7 Å². The Hall–Kier alpha value is -2.25. The standard InChI is InChI=1S/C22H28N4O3/c27-19-6-5-17(20(28)25-19)26-13-15-11-14(3-4-16(15)21(26)29)12-23-18-7-10-24-22(18)8-1-2-9-22/h3-4,11,17-18,23-24H,1-2,5-10,12-13H2,(H,25,27,28). The summed E-state index contributed by atoms with van der Waals surface area (Å²) in [5.74, 6) is -0.732. The molecule has 1 saturated carbocycles. The number of hydrogen-bond donors (Lipinski definition) is 3. The summed E-state index contributed by atoms with van der Waals surface area (Å²) in [5, 5.41) is 9.85. The first kappa shape index (κ1) is 18.8. The molecule has 7 nitrogen and oxygen atoms in total. The van der Waals surface area contributed by atoms with E-state index in [1.54, 1.807) is 4.90 Å². The Morgan fingerprint density at radius 3 is 2.76 bits per heavy atom. The molecule has 2 atom stereocenters. The number of nitrogens with one attached hydrogen (secondary N) is 3. The van der Waals surface area contributed by atoms with E-state index in [1.165, 1.54) is 31.2 Å². The van der Waals surface area contributed by atoms with Gasteiger partial charge in [-0.3, -0.25) is 19.7 Å². The number of nitrogens with zero attached hydrogens (tertiary/aromatic N) is 1. The average molecular weight is 396 g/mol. The third kappa shape index (κ3) is 3.26. The van der Waals surface area contributed by atoms with Gasteiger partial charge in [0.2, 0.25) is 11.8 Å². The van der Waals surface area contributed by atoms with Crippen LogP contribution in [0.1, 0.15) is 66.4 Å². The molecule has 7 heteroatoms. The second-order valence-electron chi connectivity index (χ2n) is 8.90. The first-order valence-corrected chi connectivity index (χ1v) is 10.8. The van der Waals surface area contributed by atoms with Crippen molar-refractivity contribution in [3.05, 3.63) is 34.9 Å². The maximum absolute atomic E-state index is 12.8. The molecule has 2 unspecified atom stereocenters. The molecule has 0 bridgehead atoms. The fourth-order valence-electron chi connectivity index (χ4n) is 5.67. The largest absolute Gasteiger partial charge is 0.322 e. The zero-order valence-electron chi connectivity index (χ0n) is 16.6. The van der Waals surface area contributed by atoms with Gasteiger partial charge in [-0.05, 0) is 49.4 Å². The van der Waals surface area contributed by atoms with Gasteiger partial charge in [-0.2, -0.15) is 0 Å². The number of amides is 3. The van der Waals surface area contributed by atoms with Crippen molar-refractivity contribution in [3.63, 3.8) is 0 Å². The van der Waals surface area contributed by atoms with Crippen molar-refractivity contribution >= 4 is 17.7 Å². The summed E-state index contributed by atoms with van der Waals surface area (Å²) in [6, 6.07) is 5.94. The van der Waals surface area contributed by atoms with Crippen LogP contribution in [0.15, 0.2) is 18.2 Å². The Morgan fingerprint density at radius 2 is 1.97 bits per heavy atom. The second kappa shape index (κ2) is 7.22. The minimum Gasteiger partial charge on any atom is -0.322 e. The molecule has 29 heavy (non-hydrogen) atoms. The molecular weight excluding hydrogens is 368 g/mol. The quantitative estimate of drug-likeness (QED) is 0.666. The number of hydrogen-bond acceptors (Lipinski definition) is 5. The van der Waals surface area contributed by atoms with Crippen LogP contribution in [0.4, 0.5) is 0 Å². The van der Waals surface area contributed by atoms with E-state index in [0.29, 0.717) is 24.6 Å². The molecule has 3 fully saturated rings. The Bertz CT molecular complexity index is 856. The predicted octanol–water partition coefficient (Wildman–Crippen LogP) is 1.21. The first-order valence-electron chi connectivity index (χ1n) is 10.8. The number of piperidine rings is 1. The van der Waals surface area contributed by atoms with Gasteiger partial charge in [-0.25, -0.2) is 0 Å². The molecule has 3 N–H and O–H groups in total. The topological polar surface area (TPSA) is 90.5 Å². The molecule has 1 spiro atoms. The maximum Gasteiger partial charge on any atom is 0.255 e. The van der Waals surface area contributed by atoms with Crippen LogP contribution in [0, 0.1) is 0 Å². The molecule has 3 amide bonds. The highest BCUT2D eigenvalue weighted by molar-refractivity contribution is 6.05. The number of carbonyl (C=O) groups excluding carboxylic acids is 3. The van der Waals surface area contributed by atoms with Gasteiger partial charge in [0.15, 0.2) is 0 Å². The number of imide groups is 1. The van der Waals surface area contributed by atoms with Gasteiger partial charge in [0.25, 0.3) is 5.91 Å². The van der Waals surface area contributed by atoms with E-state index in [2.05, 4.69) is 22.0 Å². The number of carbonyl (C=O) groups is 3. The molecule has 2 saturated heterocycles. The second-order valence-corrected chi connectivity index (χ2v) is 8.90. The van der Waals surface area contributed by atoms with Crippen molar-refractivity contribution in [2.24, 2.45) is 0 Å². The summed E-state index contributed by atoms with van der Waals surface area (Å²) < 4.78 is 0. The Kier molecular flexibility index (Phi) is 4.67. The zero-order valence-corrected chi connectivity index (χ0v) is 16.6. The molecule has 0 radical (unpaired) electrons. The lowest BCUT2D eigenvalue weighted by Gasteiger charge is -2.32. The van der Waals surface area contributed by atoms with Gasteiger partial charge in [-0.15, -0.1) is 0 Å². The van der Waals surface area contributed by atoms with E-state index in [4.69, 9.17) is 0 Å². The van der Waals surface area contributed by atoms with Crippen LogP contribution in [-0.2, 0) is 22.7 Å². The normalized spacial score (nSPS) is 28.3. The Morgan fingerprint density at radius 1 is 1.14 bits per heavy atom. The molecular formula is C22H28N4O3. The average Bonchev–Trinajstić information content (AvgIpc) is 3.41. The summed E-state index contributed by atoms with van der Waals surface area (Å²) in [4.78, 5) is 38.0. The van der Waals surface area contributed by atoms with Gasteiger partial charge in [0.1, 0.15) is 6.04 Å². The third-order valence-corrected chi connectivity index (χ3v) is 7.21. The van der Waals surface area contributed by atoms with Crippen molar-refractivity contribution in [1.29, 1.82) is 0 Å². The molecule has 4 aliphatic rings. The lowest BCUT2D eigenvalue weighted by atomic mass is 9.90. The molecule has 5 rings (SSSR count). The van der Waals surface area contributed by atoms with Crippen LogP contribution >= 0.6 is 0 Å². The van der Waals surface area contributed by atoms with Crippen molar-refractivity contribution < 1.29 is 14.4 Å². The highest BCUT2D eigenvalue weighted by Crippen LogP contribution is 2.37. The summed E-state index contributed by atoms with van der Waals surface area (Å²) in [6.07, 6.45) is 6.96. The van der Waals surface area contributed by atoms with Crippen LogP contribution in [0.5, 0.6) is 0 Å². The first-order chi connectivity index (χ1) is 14.1. The van der Waals surface area contributed by atoms with Gasteiger partial charge >= 0.3 is 0 Å². The molecule has 1 aromatic rings. The molecule has 3 aliphatic heterocycles. The fourth-order valence-corrected chi connectivity index (χ4v) is 5.67. The minimum absolute atomic E-state index is 0.112. The molecule has 0 aromatic heterocycles. The number of rotatable bonds is 4. The van der Waals surface area contributed by atoms with Gasteiger partial charge < -0.3 is 15.5 Å². The summed E-state index contributed by atoms with van der Waals surface area (Å²) in [5.41, 5.74) is 3.09. The van der Waals surface area contributed by atoms with E-state index in [1.807, 2.05) is 12.1 Å². The van der Waals surface area contributed by atoms with Crippen molar-refractivity contribution in [1.82, 2.24) is 20.9 Å². The SMILES string of the molecule is O=C1CCC(N2Cc3cc(CNC4CCNC45CCCC5)ccc3C2=O)C(=O)N1. The van der Waals surface area contributed by atoms with Crippen LogP contribution in [0.2, 0.25) is 0 Å². The molecule has 1 aliphatic carbocycles. The lowest BCUT2D eigenvalue weighted by Crippen LogP contribution is -2.52. The van der Waals surface area contributed by atoms with E-state index >= 15 is 0 Å². The maximum atomic E-state index is 12.8. The Balaban J connectivity index is 1.26.